The Morgan fingerprint density at radius 1 is 1.20 bits per heavy atom. The third-order valence-electron chi connectivity index (χ3n) is 4.57. The van der Waals surface area contributed by atoms with E-state index in [-0.39, 0.29) is 6.04 Å². The zero-order valence-electron chi connectivity index (χ0n) is 12.9. The summed E-state index contributed by atoms with van der Waals surface area (Å²) >= 11 is 0. The fourth-order valence-electron chi connectivity index (χ4n) is 3.27. The van der Waals surface area contributed by atoms with Crippen LogP contribution in [0.4, 0.5) is 0 Å². The van der Waals surface area contributed by atoms with Gasteiger partial charge < -0.3 is 15.2 Å². The molecular formula is C17H27NO2. The molecule has 0 heterocycles. The van der Waals surface area contributed by atoms with Gasteiger partial charge in [-0.25, -0.2) is 0 Å². The lowest BCUT2D eigenvalue weighted by Gasteiger charge is -2.31. The van der Waals surface area contributed by atoms with Crippen molar-refractivity contribution in [2.75, 3.05) is 7.11 Å². The van der Waals surface area contributed by atoms with Gasteiger partial charge in [-0.3, -0.25) is 0 Å². The molecule has 3 nitrogen and oxygen atoms in total. The van der Waals surface area contributed by atoms with Crippen LogP contribution in [0.2, 0.25) is 0 Å². The molecule has 3 heteroatoms. The van der Waals surface area contributed by atoms with Crippen LogP contribution in [0.25, 0.3) is 0 Å². The van der Waals surface area contributed by atoms with Crippen LogP contribution >= 0.6 is 0 Å². The average Bonchev–Trinajstić information content (AvgIpc) is 2.47. The van der Waals surface area contributed by atoms with Gasteiger partial charge in [0, 0.05) is 23.7 Å². The van der Waals surface area contributed by atoms with E-state index >= 15 is 0 Å². The van der Waals surface area contributed by atoms with E-state index in [4.69, 9.17) is 4.74 Å². The number of rotatable bonds is 5. The third-order valence-corrected chi connectivity index (χ3v) is 4.57. The molecule has 1 fully saturated rings. The molecule has 1 aliphatic carbocycles. The number of methoxy groups -OCH3 is 1. The Balaban J connectivity index is 1.98. The van der Waals surface area contributed by atoms with Gasteiger partial charge in [-0.1, -0.05) is 25.3 Å². The molecule has 1 aliphatic rings. The molecule has 112 valence electrons. The van der Waals surface area contributed by atoms with Crippen LogP contribution in [0.3, 0.4) is 0 Å². The van der Waals surface area contributed by atoms with E-state index in [2.05, 4.69) is 19.2 Å². The Hall–Kier alpha value is -1.22. The summed E-state index contributed by atoms with van der Waals surface area (Å²) in [5.74, 6) is 1.77. The third kappa shape index (κ3) is 3.66. The molecule has 0 saturated heterocycles. The minimum Gasteiger partial charge on any atom is -0.507 e. The molecule has 0 spiro atoms. The first-order valence-corrected chi connectivity index (χ1v) is 7.74. The fraction of sp³-hybridized carbons (Fsp3) is 0.647. The van der Waals surface area contributed by atoms with Crippen LogP contribution < -0.4 is 10.1 Å². The number of phenolic OH excluding ortho intramolecular Hbond substituents is 1. The molecule has 0 aromatic heterocycles. The van der Waals surface area contributed by atoms with Crippen molar-refractivity contribution in [3.8, 4) is 11.5 Å². The first kappa shape index (κ1) is 15.2. The van der Waals surface area contributed by atoms with Crippen LogP contribution in [0.5, 0.6) is 11.5 Å². The van der Waals surface area contributed by atoms with E-state index in [0.29, 0.717) is 17.5 Å². The lowest BCUT2D eigenvalue weighted by molar-refractivity contribution is 0.267. The van der Waals surface area contributed by atoms with Crippen molar-refractivity contribution < 1.29 is 9.84 Å². The second kappa shape index (κ2) is 6.98. The van der Waals surface area contributed by atoms with Gasteiger partial charge in [-0.15, -0.1) is 0 Å². The molecule has 0 bridgehead atoms. The summed E-state index contributed by atoms with van der Waals surface area (Å²) in [6, 6.07) is 6.17. The zero-order chi connectivity index (χ0) is 14.5. The van der Waals surface area contributed by atoms with Crippen molar-refractivity contribution >= 4 is 0 Å². The number of phenols is 1. The topological polar surface area (TPSA) is 41.5 Å². The number of hydrogen-bond donors (Lipinski definition) is 2. The van der Waals surface area contributed by atoms with Crippen LogP contribution in [-0.4, -0.2) is 18.3 Å². The summed E-state index contributed by atoms with van der Waals surface area (Å²) in [6.07, 6.45) is 6.76. The summed E-state index contributed by atoms with van der Waals surface area (Å²) in [5, 5.41) is 13.7. The first-order chi connectivity index (χ1) is 9.61. The van der Waals surface area contributed by atoms with Gasteiger partial charge in [0.1, 0.15) is 11.5 Å². The number of nitrogens with one attached hydrogen (secondary N) is 1. The van der Waals surface area contributed by atoms with Gasteiger partial charge in [-0.05, 0) is 38.7 Å². The summed E-state index contributed by atoms with van der Waals surface area (Å²) in [4.78, 5) is 0. The maximum atomic E-state index is 10.1. The molecule has 1 aromatic carbocycles. The molecule has 0 amide bonds. The average molecular weight is 277 g/mol. The van der Waals surface area contributed by atoms with Crippen molar-refractivity contribution in [3.05, 3.63) is 23.8 Å². The van der Waals surface area contributed by atoms with E-state index in [9.17, 15) is 5.11 Å². The molecule has 1 aromatic rings. The van der Waals surface area contributed by atoms with Gasteiger partial charge in [-0.2, -0.15) is 0 Å². The van der Waals surface area contributed by atoms with E-state index in [1.165, 1.54) is 32.1 Å². The van der Waals surface area contributed by atoms with Crippen molar-refractivity contribution in [3.63, 3.8) is 0 Å². The minimum atomic E-state index is 0.151. The highest BCUT2D eigenvalue weighted by molar-refractivity contribution is 5.41. The van der Waals surface area contributed by atoms with Crippen molar-refractivity contribution in [2.24, 2.45) is 5.92 Å². The smallest absolute Gasteiger partial charge is 0.124 e. The van der Waals surface area contributed by atoms with Gasteiger partial charge in [0.25, 0.3) is 0 Å². The normalized spacial score (nSPS) is 19.6. The second-order valence-electron chi connectivity index (χ2n) is 6.00. The van der Waals surface area contributed by atoms with E-state index in [0.717, 1.165) is 11.5 Å². The van der Waals surface area contributed by atoms with Crippen LogP contribution in [0.1, 0.15) is 57.6 Å². The summed E-state index contributed by atoms with van der Waals surface area (Å²) in [5.41, 5.74) is 0.938. The first-order valence-electron chi connectivity index (χ1n) is 7.74. The Morgan fingerprint density at radius 3 is 2.50 bits per heavy atom. The van der Waals surface area contributed by atoms with Crippen LogP contribution in [0.15, 0.2) is 18.2 Å². The monoisotopic (exact) mass is 277 g/mol. The maximum absolute atomic E-state index is 10.1. The number of hydrogen-bond acceptors (Lipinski definition) is 3. The highest BCUT2D eigenvalue weighted by Gasteiger charge is 2.22. The maximum Gasteiger partial charge on any atom is 0.124 e. The number of benzene rings is 1. The minimum absolute atomic E-state index is 0.151. The zero-order valence-corrected chi connectivity index (χ0v) is 12.9. The molecule has 1 unspecified atom stereocenters. The summed E-state index contributed by atoms with van der Waals surface area (Å²) in [6.45, 7) is 4.38. The quantitative estimate of drug-likeness (QED) is 0.854. The van der Waals surface area contributed by atoms with Crippen LogP contribution in [0, 0.1) is 5.92 Å². The molecule has 2 N–H and O–H groups in total. The molecule has 2 atom stereocenters. The number of ether oxygens (including phenoxy) is 1. The second-order valence-corrected chi connectivity index (χ2v) is 6.00. The van der Waals surface area contributed by atoms with Crippen molar-refractivity contribution in [1.29, 1.82) is 0 Å². The lowest BCUT2D eigenvalue weighted by atomic mass is 9.84. The highest BCUT2D eigenvalue weighted by atomic mass is 16.5. The van der Waals surface area contributed by atoms with E-state index < -0.39 is 0 Å². The number of aromatic hydroxyl groups is 1. The van der Waals surface area contributed by atoms with Gasteiger partial charge >= 0.3 is 0 Å². The van der Waals surface area contributed by atoms with E-state index in [1.807, 2.05) is 12.1 Å². The van der Waals surface area contributed by atoms with Crippen molar-refractivity contribution in [1.82, 2.24) is 5.32 Å². The Bertz CT molecular complexity index is 427. The fourth-order valence-corrected chi connectivity index (χ4v) is 3.27. The van der Waals surface area contributed by atoms with Gasteiger partial charge in [0.15, 0.2) is 0 Å². The summed E-state index contributed by atoms with van der Waals surface area (Å²) in [7, 11) is 1.61. The lowest BCUT2D eigenvalue weighted by Crippen LogP contribution is -2.36. The Labute approximate surface area is 122 Å². The Kier molecular flexibility index (Phi) is 5.30. The highest BCUT2D eigenvalue weighted by Crippen LogP contribution is 2.31. The van der Waals surface area contributed by atoms with Crippen LogP contribution in [-0.2, 0) is 0 Å². The predicted octanol–water partition coefficient (Wildman–Crippen LogP) is 4.02. The molecule has 20 heavy (non-hydrogen) atoms. The molecule has 1 saturated carbocycles. The SMILES string of the molecule is COc1ccc(C(C)N[C@@H](C)C2CCCCC2)c(O)c1. The molecule has 2 rings (SSSR count). The van der Waals surface area contributed by atoms with Gasteiger partial charge in [0.2, 0.25) is 0 Å². The molecule has 0 aliphatic heterocycles. The largest absolute Gasteiger partial charge is 0.507 e. The van der Waals surface area contributed by atoms with E-state index in [1.54, 1.807) is 13.2 Å². The molecular weight excluding hydrogens is 250 g/mol. The standard InChI is InChI=1S/C17H27NO2/c1-12(14-7-5-4-6-8-14)18-13(2)16-10-9-15(20-3)11-17(16)19/h9-14,18-19H,4-8H2,1-3H3/t12-,13?/m0/s1. The molecule has 0 radical (unpaired) electrons. The Morgan fingerprint density at radius 2 is 1.90 bits per heavy atom. The predicted molar refractivity (Wildman–Crippen MR) is 82.2 cm³/mol. The van der Waals surface area contributed by atoms with Crippen molar-refractivity contribution in [2.45, 2.75) is 58.0 Å². The van der Waals surface area contributed by atoms with Gasteiger partial charge in [0.05, 0.1) is 7.11 Å². The summed E-state index contributed by atoms with van der Waals surface area (Å²) < 4.78 is 5.13.